The van der Waals surface area contributed by atoms with E-state index in [1.54, 1.807) is 31.4 Å². The molecule has 1 aromatic carbocycles. The highest BCUT2D eigenvalue weighted by Crippen LogP contribution is 2.15. The molecular formula is C14H16N2O2. The Kier molecular flexibility index (Phi) is 4.94. The van der Waals surface area contributed by atoms with Crippen LogP contribution < -0.4 is 10.1 Å². The van der Waals surface area contributed by atoms with E-state index in [1.807, 2.05) is 26.0 Å². The van der Waals surface area contributed by atoms with Gasteiger partial charge >= 0.3 is 0 Å². The van der Waals surface area contributed by atoms with Crippen molar-refractivity contribution in [2.75, 3.05) is 7.11 Å². The van der Waals surface area contributed by atoms with Gasteiger partial charge in [0.15, 0.2) is 0 Å². The summed E-state index contributed by atoms with van der Waals surface area (Å²) in [5, 5.41) is 11.7. The van der Waals surface area contributed by atoms with E-state index in [2.05, 4.69) is 5.32 Å². The highest BCUT2D eigenvalue weighted by atomic mass is 16.5. The van der Waals surface area contributed by atoms with Crippen LogP contribution in [0.1, 0.15) is 19.4 Å². The minimum atomic E-state index is -0.365. The number of hydrogen-bond acceptors (Lipinski definition) is 3. The Bertz CT molecular complexity index is 499. The highest BCUT2D eigenvalue weighted by molar-refractivity contribution is 6.01. The Morgan fingerprint density at radius 3 is 2.78 bits per heavy atom. The maximum atomic E-state index is 11.7. The average Bonchev–Trinajstić information content (AvgIpc) is 2.35. The lowest BCUT2D eigenvalue weighted by Gasteiger charge is -2.07. The third-order valence-electron chi connectivity index (χ3n) is 2.19. The zero-order chi connectivity index (χ0) is 13.5. The molecule has 0 saturated heterocycles. The van der Waals surface area contributed by atoms with E-state index >= 15 is 0 Å². The first-order valence-electron chi connectivity index (χ1n) is 5.63. The molecule has 0 heterocycles. The summed E-state index contributed by atoms with van der Waals surface area (Å²) < 4.78 is 5.08. The smallest absolute Gasteiger partial charge is 0.262 e. The summed E-state index contributed by atoms with van der Waals surface area (Å²) in [6.45, 7) is 3.69. The summed E-state index contributed by atoms with van der Waals surface area (Å²) >= 11 is 0. The van der Waals surface area contributed by atoms with Gasteiger partial charge in [-0.25, -0.2) is 0 Å². The normalized spacial score (nSPS) is 10.9. The molecule has 0 aliphatic carbocycles. The second kappa shape index (κ2) is 6.45. The lowest BCUT2D eigenvalue weighted by Crippen LogP contribution is -2.30. The van der Waals surface area contributed by atoms with Gasteiger partial charge in [0.1, 0.15) is 17.4 Å². The molecule has 94 valence electrons. The Labute approximate surface area is 107 Å². The molecule has 0 spiro atoms. The molecule has 0 aliphatic rings. The van der Waals surface area contributed by atoms with Crippen molar-refractivity contribution in [2.24, 2.45) is 0 Å². The van der Waals surface area contributed by atoms with E-state index in [4.69, 9.17) is 10.00 Å². The summed E-state index contributed by atoms with van der Waals surface area (Å²) in [6, 6.07) is 9.08. The molecule has 0 aromatic heterocycles. The maximum absolute atomic E-state index is 11.7. The molecule has 18 heavy (non-hydrogen) atoms. The van der Waals surface area contributed by atoms with Gasteiger partial charge in [0.2, 0.25) is 0 Å². The minimum absolute atomic E-state index is 0.000408. The lowest BCUT2D eigenvalue weighted by atomic mass is 10.1. The molecule has 4 nitrogen and oxygen atoms in total. The molecular weight excluding hydrogens is 228 g/mol. The van der Waals surface area contributed by atoms with E-state index in [0.717, 1.165) is 5.56 Å². The fraction of sp³-hybridized carbons (Fsp3) is 0.286. The quantitative estimate of drug-likeness (QED) is 0.652. The van der Waals surface area contributed by atoms with Gasteiger partial charge in [-0.15, -0.1) is 0 Å². The van der Waals surface area contributed by atoms with Crippen molar-refractivity contribution >= 4 is 12.0 Å². The average molecular weight is 244 g/mol. The Hall–Kier alpha value is -2.28. The van der Waals surface area contributed by atoms with Crippen LogP contribution >= 0.6 is 0 Å². The van der Waals surface area contributed by atoms with Gasteiger partial charge in [0.05, 0.1) is 7.11 Å². The van der Waals surface area contributed by atoms with Gasteiger partial charge < -0.3 is 10.1 Å². The first-order chi connectivity index (χ1) is 8.56. The predicted octanol–water partition coefficient (Wildman–Crippen LogP) is 2.13. The first kappa shape index (κ1) is 13.8. The van der Waals surface area contributed by atoms with Crippen molar-refractivity contribution in [2.45, 2.75) is 19.9 Å². The fourth-order valence-corrected chi connectivity index (χ4v) is 1.39. The van der Waals surface area contributed by atoms with Crippen molar-refractivity contribution in [3.05, 3.63) is 35.4 Å². The van der Waals surface area contributed by atoms with E-state index in [9.17, 15) is 4.79 Å². The van der Waals surface area contributed by atoms with Crippen LogP contribution in [0.4, 0.5) is 0 Å². The fourth-order valence-electron chi connectivity index (χ4n) is 1.39. The number of nitriles is 1. The number of ether oxygens (including phenoxy) is 1. The van der Waals surface area contributed by atoms with Gasteiger partial charge in [-0.2, -0.15) is 5.26 Å². The van der Waals surface area contributed by atoms with Crippen molar-refractivity contribution in [3.8, 4) is 11.8 Å². The van der Waals surface area contributed by atoms with Gasteiger partial charge in [0, 0.05) is 6.04 Å². The van der Waals surface area contributed by atoms with Gasteiger partial charge in [-0.05, 0) is 37.6 Å². The molecule has 4 heteroatoms. The standard InChI is InChI=1S/C14H16N2O2/c1-10(2)16-14(17)12(9-15)7-11-5-4-6-13(8-11)18-3/h4-8,10H,1-3H3,(H,16,17)/b12-7-. The number of rotatable bonds is 4. The van der Waals surface area contributed by atoms with Crippen molar-refractivity contribution < 1.29 is 9.53 Å². The second-order valence-electron chi connectivity index (χ2n) is 4.07. The molecule has 0 saturated carbocycles. The number of amides is 1. The molecule has 0 radical (unpaired) electrons. The summed E-state index contributed by atoms with van der Waals surface area (Å²) in [5.74, 6) is 0.320. The van der Waals surface area contributed by atoms with Crippen molar-refractivity contribution in [3.63, 3.8) is 0 Å². The molecule has 0 aliphatic heterocycles. The zero-order valence-corrected chi connectivity index (χ0v) is 10.7. The molecule has 1 amide bonds. The van der Waals surface area contributed by atoms with Gasteiger partial charge in [0.25, 0.3) is 5.91 Å². The Morgan fingerprint density at radius 1 is 1.50 bits per heavy atom. The number of carbonyl (C=O) groups excluding carboxylic acids is 1. The third kappa shape index (κ3) is 3.95. The van der Waals surface area contributed by atoms with Gasteiger partial charge in [-0.1, -0.05) is 12.1 Å². The number of hydrogen-bond donors (Lipinski definition) is 1. The van der Waals surface area contributed by atoms with Crippen LogP contribution in [-0.4, -0.2) is 19.1 Å². The number of carbonyl (C=O) groups is 1. The number of nitrogens with zero attached hydrogens (tertiary/aromatic N) is 1. The Morgan fingerprint density at radius 2 is 2.22 bits per heavy atom. The van der Waals surface area contributed by atoms with Crippen LogP contribution in [0.5, 0.6) is 5.75 Å². The van der Waals surface area contributed by atoms with E-state index in [0.29, 0.717) is 5.75 Å². The van der Waals surface area contributed by atoms with Crippen LogP contribution in [0.3, 0.4) is 0 Å². The molecule has 0 unspecified atom stereocenters. The van der Waals surface area contributed by atoms with Crippen LogP contribution in [-0.2, 0) is 4.79 Å². The molecule has 1 rings (SSSR count). The number of nitrogens with one attached hydrogen (secondary N) is 1. The predicted molar refractivity (Wildman–Crippen MR) is 69.9 cm³/mol. The third-order valence-corrected chi connectivity index (χ3v) is 2.19. The van der Waals surface area contributed by atoms with Crippen LogP contribution in [0, 0.1) is 11.3 Å². The van der Waals surface area contributed by atoms with E-state index in [1.165, 1.54) is 0 Å². The molecule has 0 atom stereocenters. The monoisotopic (exact) mass is 244 g/mol. The lowest BCUT2D eigenvalue weighted by molar-refractivity contribution is -0.117. The summed E-state index contributed by atoms with van der Waals surface area (Å²) in [6.07, 6.45) is 1.54. The van der Waals surface area contributed by atoms with Crippen molar-refractivity contribution in [1.29, 1.82) is 5.26 Å². The molecule has 1 N–H and O–H groups in total. The van der Waals surface area contributed by atoms with Crippen LogP contribution in [0.2, 0.25) is 0 Å². The zero-order valence-electron chi connectivity index (χ0n) is 10.7. The first-order valence-corrected chi connectivity index (χ1v) is 5.63. The molecule has 0 bridgehead atoms. The number of benzene rings is 1. The van der Waals surface area contributed by atoms with E-state index in [-0.39, 0.29) is 17.5 Å². The number of methoxy groups -OCH3 is 1. The topological polar surface area (TPSA) is 62.1 Å². The van der Waals surface area contributed by atoms with E-state index < -0.39 is 0 Å². The molecule has 1 aromatic rings. The maximum Gasteiger partial charge on any atom is 0.262 e. The van der Waals surface area contributed by atoms with Gasteiger partial charge in [-0.3, -0.25) is 4.79 Å². The summed E-state index contributed by atoms with van der Waals surface area (Å²) in [7, 11) is 1.57. The Balaban J connectivity index is 2.97. The second-order valence-corrected chi connectivity index (χ2v) is 4.07. The van der Waals surface area contributed by atoms with Crippen LogP contribution in [0.25, 0.3) is 6.08 Å². The van der Waals surface area contributed by atoms with Crippen molar-refractivity contribution in [1.82, 2.24) is 5.32 Å². The largest absolute Gasteiger partial charge is 0.497 e. The minimum Gasteiger partial charge on any atom is -0.497 e. The van der Waals surface area contributed by atoms with Crippen LogP contribution in [0.15, 0.2) is 29.8 Å². The SMILES string of the molecule is COc1cccc(/C=C(/C#N)C(=O)NC(C)C)c1. The highest BCUT2D eigenvalue weighted by Gasteiger charge is 2.09. The summed E-state index contributed by atoms with van der Waals surface area (Å²) in [4.78, 5) is 11.7. The molecule has 0 fully saturated rings. The summed E-state index contributed by atoms with van der Waals surface area (Å²) in [5.41, 5.74) is 0.835.